The first-order valence-corrected chi connectivity index (χ1v) is 4.22. The fourth-order valence-electron chi connectivity index (χ4n) is 1.21. The van der Waals surface area contributed by atoms with Crippen molar-refractivity contribution in [3.05, 3.63) is 33.9 Å². The molecule has 0 radical (unpaired) electrons. The SMILES string of the molecule is C[C@H](N)Cc1ccc(O)c([N+](=O)[O-])c1. The quantitative estimate of drug-likeness (QED) is 0.561. The van der Waals surface area contributed by atoms with Crippen LogP contribution in [0.5, 0.6) is 5.75 Å². The van der Waals surface area contributed by atoms with E-state index in [0.29, 0.717) is 6.42 Å². The van der Waals surface area contributed by atoms with Gasteiger partial charge in [0.1, 0.15) is 0 Å². The van der Waals surface area contributed by atoms with Gasteiger partial charge in [-0.3, -0.25) is 10.1 Å². The Labute approximate surface area is 81.3 Å². The molecule has 0 fully saturated rings. The third-order valence-electron chi connectivity index (χ3n) is 1.79. The Balaban J connectivity index is 3.00. The summed E-state index contributed by atoms with van der Waals surface area (Å²) in [5.41, 5.74) is 6.04. The minimum absolute atomic E-state index is 0.0563. The van der Waals surface area contributed by atoms with Gasteiger partial charge in [-0.05, 0) is 25.0 Å². The lowest BCUT2D eigenvalue weighted by molar-refractivity contribution is -0.385. The fraction of sp³-hybridized carbons (Fsp3) is 0.333. The van der Waals surface area contributed by atoms with Gasteiger partial charge < -0.3 is 10.8 Å². The summed E-state index contributed by atoms with van der Waals surface area (Å²) in [7, 11) is 0. The molecule has 0 heterocycles. The first kappa shape index (κ1) is 10.5. The molecule has 0 spiro atoms. The number of benzene rings is 1. The highest BCUT2D eigenvalue weighted by atomic mass is 16.6. The van der Waals surface area contributed by atoms with E-state index in [1.165, 1.54) is 12.1 Å². The second-order valence-corrected chi connectivity index (χ2v) is 3.26. The summed E-state index contributed by atoms with van der Waals surface area (Å²) in [6.45, 7) is 1.82. The Morgan fingerprint density at radius 1 is 1.64 bits per heavy atom. The number of hydrogen-bond acceptors (Lipinski definition) is 4. The highest BCUT2D eigenvalue weighted by Gasteiger charge is 2.13. The van der Waals surface area contributed by atoms with Crippen LogP contribution >= 0.6 is 0 Å². The van der Waals surface area contributed by atoms with Crippen LogP contribution in [0.2, 0.25) is 0 Å². The molecular weight excluding hydrogens is 184 g/mol. The van der Waals surface area contributed by atoms with E-state index in [1.807, 2.05) is 6.92 Å². The van der Waals surface area contributed by atoms with E-state index < -0.39 is 4.92 Å². The van der Waals surface area contributed by atoms with Crippen LogP contribution in [-0.4, -0.2) is 16.1 Å². The van der Waals surface area contributed by atoms with Crippen LogP contribution in [0, 0.1) is 10.1 Å². The van der Waals surface area contributed by atoms with E-state index in [1.54, 1.807) is 6.07 Å². The van der Waals surface area contributed by atoms with Crippen LogP contribution in [0.3, 0.4) is 0 Å². The third kappa shape index (κ3) is 2.43. The molecule has 0 aliphatic rings. The van der Waals surface area contributed by atoms with Crippen molar-refractivity contribution in [2.75, 3.05) is 0 Å². The molecule has 0 aliphatic carbocycles. The third-order valence-corrected chi connectivity index (χ3v) is 1.79. The fourth-order valence-corrected chi connectivity index (χ4v) is 1.21. The van der Waals surface area contributed by atoms with Gasteiger partial charge in [-0.15, -0.1) is 0 Å². The van der Waals surface area contributed by atoms with Gasteiger partial charge in [-0.25, -0.2) is 0 Å². The maximum absolute atomic E-state index is 10.5. The predicted molar refractivity (Wildman–Crippen MR) is 52.1 cm³/mol. The first-order chi connectivity index (χ1) is 6.50. The lowest BCUT2D eigenvalue weighted by Crippen LogP contribution is -2.17. The van der Waals surface area contributed by atoms with Crippen molar-refractivity contribution in [3.63, 3.8) is 0 Å². The standard InChI is InChI=1S/C9H12N2O3/c1-6(10)4-7-2-3-9(12)8(5-7)11(13)14/h2-3,5-6,12H,4,10H2,1H3/t6-/m0/s1. The molecule has 1 rings (SSSR count). The number of nitro benzene ring substituents is 1. The highest BCUT2D eigenvalue weighted by Crippen LogP contribution is 2.26. The molecule has 0 aliphatic heterocycles. The molecule has 5 heteroatoms. The number of nitro groups is 1. The highest BCUT2D eigenvalue weighted by molar-refractivity contribution is 5.47. The zero-order valence-electron chi connectivity index (χ0n) is 7.80. The van der Waals surface area contributed by atoms with Gasteiger partial charge in [0.2, 0.25) is 0 Å². The Morgan fingerprint density at radius 2 is 2.29 bits per heavy atom. The van der Waals surface area contributed by atoms with Gasteiger partial charge in [0.15, 0.2) is 5.75 Å². The molecule has 0 aromatic heterocycles. The number of phenolic OH excluding ortho intramolecular Hbond substituents is 1. The number of nitrogens with zero attached hydrogens (tertiary/aromatic N) is 1. The summed E-state index contributed by atoms with van der Waals surface area (Å²) in [5.74, 6) is -0.316. The Kier molecular flexibility index (Phi) is 3.03. The van der Waals surface area contributed by atoms with Crippen LogP contribution < -0.4 is 5.73 Å². The predicted octanol–water partition coefficient (Wildman–Crippen LogP) is 1.19. The largest absolute Gasteiger partial charge is 0.502 e. The molecule has 0 saturated carbocycles. The van der Waals surface area contributed by atoms with Crippen LogP contribution in [-0.2, 0) is 6.42 Å². The number of rotatable bonds is 3. The van der Waals surface area contributed by atoms with Crippen molar-refractivity contribution in [1.29, 1.82) is 0 Å². The van der Waals surface area contributed by atoms with Crippen molar-refractivity contribution < 1.29 is 10.0 Å². The minimum Gasteiger partial charge on any atom is -0.502 e. The second kappa shape index (κ2) is 4.06. The average Bonchev–Trinajstić information content (AvgIpc) is 2.07. The Bertz CT molecular complexity index is 350. The topological polar surface area (TPSA) is 89.4 Å². The van der Waals surface area contributed by atoms with Crippen molar-refractivity contribution in [1.82, 2.24) is 0 Å². The van der Waals surface area contributed by atoms with Gasteiger partial charge in [-0.1, -0.05) is 6.07 Å². The zero-order valence-corrected chi connectivity index (χ0v) is 7.80. The van der Waals surface area contributed by atoms with Crippen molar-refractivity contribution in [2.45, 2.75) is 19.4 Å². The molecule has 1 aromatic rings. The molecule has 1 atom stereocenters. The molecular formula is C9H12N2O3. The van der Waals surface area contributed by atoms with Crippen LogP contribution in [0.15, 0.2) is 18.2 Å². The number of hydrogen-bond donors (Lipinski definition) is 2. The van der Waals surface area contributed by atoms with Crippen LogP contribution in [0.1, 0.15) is 12.5 Å². The average molecular weight is 196 g/mol. The van der Waals surface area contributed by atoms with E-state index in [0.717, 1.165) is 5.56 Å². The molecule has 14 heavy (non-hydrogen) atoms. The smallest absolute Gasteiger partial charge is 0.310 e. The molecule has 0 amide bonds. The number of nitrogens with two attached hydrogens (primary N) is 1. The molecule has 0 saturated heterocycles. The van der Waals surface area contributed by atoms with Gasteiger partial charge in [-0.2, -0.15) is 0 Å². The molecule has 1 aromatic carbocycles. The summed E-state index contributed by atoms with van der Waals surface area (Å²) in [4.78, 5) is 9.86. The van der Waals surface area contributed by atoms with E-state index in [9.17, 15) is 10.1 Å². The van der Waals surface area contributed by atoms with Gasteiger partial charge in [0, 0.05) is 12.1 Å². The Morgan fingerprint density at radius 3 is 2.79 bits per heavy atom. The number of aromatic hydroxyl groups is 1. The van der Waals surface area contributed by atoms with Crippen molar-refractivity contribution in [2.24, 2.45) is 5.73 Å². The lowest BCUT2D eigenvalue weighted by atomic mass is 10.1. The lowest BCUT2D eigenvalue weighted by Gasteiger charge is -2.05. The first-order valence-electron chi connectivity index (χ1n) is 4.22. The summed E-state index contributed by atoms with van der Waals surface area (Å²) in [6.07, 6.45) is 0.557. The maximum atomic E-state index is 10.5. The van der Waals surface area contributed by atoms with E-state index in [-0.39, 0.29) is 17.5 Å². The Hall–Kier alpha value is -1.62. The van der Waals surface area contributed by atoms with Crippen molar-refractivity contribution >= 4 is 5.69 Å². The molecule has 76 valence electrons. The van der Waals surface area contributed by atoms with Crippen molar-refractivity contribution in [3.8, 4) is 5.75 Å². The van der Waals surface area contributed by atoms with E-state index in [2.05, 4.69) is 0 Å². The van der Waals surface area contributed by atoms with Gasteiger partial charge >= 0.3 is 5.69 Å². The molecule has 0 unspecified atom stereocenters. The molecule has 3 N–H and O–H groups in total. The van der Waals surface area contributed by atoms with E-state index >= 15 is 0 Å². The van der Waals surface area contributed by atoms with Crippen LogP contribution in [0.25, 0.3) is 0 Å². The van der Waals surface area contributed by atoms with E-state index in [4.69, 9.17) is 10.8 Å². The summed E-state index contributed by atoms with van der Waals surface area (Å²) >= 11 is 0. The molecule has 5 nitrogen and oxygen atoms in total. The second-order valence-electron chi connectivity index (χ2n) is 3.26. The number of phenols is 1. The summed E-state index contributed by atoms with van der Waals surface area (Å²) < 4.78 is 0. The normalized spacial score (nSPS) is 12.4. The summed E-state index contributed by atoms with van der Waals surface area (Å²) in [5, 5.41) is 19.6. The summed E-state index contributed by atoms with van der Waals surface area (Å²) in [6, 6.07) is 4.24. The monoisotopic (exact) mass is 196 g/mol. The molecule has 0 bridgehead atoms. The minimum atomic E-state index is -0.611. The maximum Gasteiger partial charge on any atom is 0.310 e. The zero-order chi connectivity index (χ0) is 10.7. The van der Waals surface area contributed by atoms with Gasteiger partial charge in [0.05, 0.1) is 4.92 Å². The van der Waals surface area contributed by atoms with Gasteiger partial charge in [0.25, 0.3) is 0 Å². The van der Waals surface area contributed by atoms with Crippen LogP contribution in [0.4, 0.5) is 5.69 Å².